The minimum absolute atomic E-state index is 0.277. The summed E-state index contributed by atoms with van der Waals surface area (Å²) in [6.45, 7) is 1.72. The first kappa shape index (κ1) is 12.3. The molecule has 1 rings (SSSR count). The van der Waals surface area contributed by atoms with Crippen LogP contribution in [0.4, 0.5) is 4.79 Å². The summed E-state index contributed by atoms with van der Waals surface area (Å²) in [5.74, 6) is 0.602. The molecule has 0 aromatic rings. The summed E-state index contributed by atoms with van der Waals surface area (Å²) in [4.78, 5) is 11.4. The minimum atomic E-state index is -0.941. The van der Waals surface area contributed by atoms with Gasteiger partial charge in [-0.05, 0) is 25.7 Å². The molecular weight excluding hydrogens is 196 g/mol. The van der Waals surface area contributed by atoms with Crippen LogP contribution in [0.1, 0.15) is 26.2 Å². The zero-order chi connectivity index (χ0) is 11.3. The SMILES string of the molecule is CC(CO)(CO)NC(=O)NCC1CCC1. The average molecular weight is 216 g/mol. The fourth-order valence-corrected chi connectivity index (χ4v) is 1.38. The Morgan fingerprint density at radius 3 is 2.40 bits per heavy atom. The number of carbonyl (C=O) groups excluding carboxylic acids is 1. The number of aliphatic hydroxyl groups is 2. The van der Waals surface area contributed by atoms with Crippen LogP contribution in [0.5, 0.6) is 0 Å². The molecule has 4 N–H and O–H groups in total. The highest BCUT2D eigenvalue weighted by molar-refractivity contribution is 5.74. The summed E-state index contributed by atoms with van der Waals surface area (Å²) >= 11 is 0. The molecule has 88 valence electrons. The van der Waals surface area contributed by atoms with Crippen molar-refractivity contribution in [1.82, 2.24) is 10.6 Å². The molecule has 0 aromatic carbocycles. The van der Waals surface area contributed by atoms with Crippen molar-refractivity contribution in [3.63, 3.8) is 0 Å². The van der Waals surface area contributed by atoms with Crippen LogP contribution in [0.25, 0.3) is 0 Å². The molecule has 15 heavy (non-hydrogen) atoms. The molecule has 0 unspecified atom stereocenters. The first-order chi connectivity index (χ1) is 7.09. The fourth-order valence-electron chi connectivity index (χ4n) is 1.38. The zero-order valence-corrected chi connectivity index (χ0v) is 9.12. The number of nitrogens with one attached hydrogen (secondary N) is 2. The highest BCUT2D eigenvalue weighted by Crippen LogP contribution is 2.25. The molecule has 5 heteroatoms. The average Bonchev–Trinajstić information content (AvgIpc) is 2.15. The zero-order valence-electron chi connectivity index (χ0n) is 9.12. The van der Waals surface area contributed by atoms with Gasteiger partial charge in [-0.1, -0.05) is 6.42 Å². The van der Waals surface area contributed by atoms with Gasteiger partial charge in [0, 0.05) is 6.54 Å². The smallest absolute Gasteiger partial charge is 0.315 e. The van der Waals surface area contributed by atoms with Gasteiger partial charge in [-0.3, -0.25) is 0 Å². The number of carbonyl (C=O) groups is 1. The minimum Gasteiger partial charge on any atom is -0.394 e. The maximum Gasteiger partial charge on any atom is 0.315 e. The number of aliphatic hydroxyl groups excluding tert-OH is 2. The first-order valence-corrected chi connectivity index (χ1v) is 5.37. The van der Waals surface area contributed by atoms with E-state index < -0.39 is 5.54 Å². The van der Waals surface area contributed by atoms with E-state index in [0.29, 0.717) is 12.5 Å². The molecule has 0 bridgehead atoms. The highest BCUT2D eigenvalue weighted by Gasteiger charge is 2.25. The molecule has 0 saturated heterocycles. The van der Waals surface area contributed by atoms with Crippen molar-refractivity contribution in [2.75, 3.05) is 19.8 Å². The Kier molecular flexibility index (Phi) is 4.35. The van der Waals surface area contributed by atoms with Crippen LogP contribution in [0.3, 0.4) is 0 Å². The molecule has 0 atom stereocenters. The van der Waals surface area contributed by atoms with E-state index in [1.54, 1.807) is 6.92 Å². The third-order valence-corrected chi connectivity index (χ3v) is 2.89. The molecule has 0 aromatic heterocycles. The van der Waals surface area contributed by atoms with Crippen LogP contribution in [0, 0.1) is 5.92 Å². The lowest BCUT2D eigenvalue weighted by atomic mass is 9.85. The Labute approximate surface area is 89.9 Å². The third kappa shape index (κ3) is 3.68. The largest absolute Gasteiger partial charge is 0.394 e. The summed E-state index contributed by atoms with van der Waals surface area (Å²) in [5.41, 5.74) is -0.941. The lowest BCUT2D eigenvalue weighted by molar-refractivity contribution is 0.108. The van der Waals surface area contributed by atoms with Crippen molar-refractivity contribution in [2.24, 2.45) is 5.92 Å². The van der Waals surface area contributed by atoms with Crippen molar-refractivity contribution in [1.29, 1.82) is 0 Å². The second kappa shape index (κ2) is 5.32. The van der Waals surface area contributed by atoms with Gasteiger partial charge in [0.15, 0.2) is 0 Å². The molecule has 1 aliphatic carbocycles. The van der Waals surface area contributed by atoms with Gasteiger partial charge in [-0.2, -0.15) is 0 Å². The molecule has 0 radical (unpaired) electrons. The molecule has 0 heterocycles. The summed E-state index contributed by atoms with van der Waals surface area (Å²) in [7, 11) is 0. The van der Waals surface area contributed by atoms with Crippen LogP contribution in [-0.4, -0.2) is 41.5 Å². The van der Waals surface area contributed by atoms with Crippen molar-refractivity contribution >= 4 is 6.03 Å². The van der Waals surface area contributed by atoms with Crippen LogP contribution in [0.15, 0.2) is 0 Å². The number of hydrogen-bond donors (Lipinski definition) is 4. The molecule has 1 saturated carbocycles. The third-order valence-electron chi connectivity index (χ3n) is 2.89. The maximum atomic E-state index is 11.4. The van der Waals surface area contributed by atoms with E-state index in [9.17, 15) is 4.79 Å². The summed E-state index contributed by atoms with van der Waals surface area (Å²) in [5, 5.41) is 23.2. The predicted octanol–water partition coefficient (Wildman–Crippen LogP) is -0.171. The van der Waals surface area contributed by atoms with E-state index in [1.165, 1.54) is 19.3 Å². The Morgan fingerprint density at radius 1 is 1.40 bits per heavy atom. The lowest BCUT2D eigenvalue weighted by Gasteiger charge is -2.29. The highest BCUT2D eigenvalue weighted by atomic mass is 16.3. The molecule has 5 nitrogen and oxygen atoms in total. The van der Waals surface area contributed by atoms with Crippen LogP contribution in [0.2, 0.25) is 0 Å². The summed E-state index contributed by atoms with van der Waals surface area (Å²) < 4.78 is 0. The molecule has 0 aliphatic heterocycles. The van der Waals surface area contributed by atoms with E-state index in [0.717, 1.165) is 0 Å². The van der Waals surface area contributed by atoms with Crippen LogP contribution in [-0.2, 0) is 0 Å². The number of hydrogen-bond acceptors (Lipinski definition) is 3. The van der Waals surface area contributed by atoms with Crippen LogP contribution < -0.4 is 10.6 Å². The quantitative estimate of drug-likeness (QED) is 0.515. The Morgan fingerprint density at radius 2 is 2.00 bits per heavy atom. The van der Waals surface area contributed by atoms with Crippen molar-refractivity contribution in [3.05, 3.63) is 0 Å². The van der Waals surface area contributed by atoms with Gasteiger partial charge in [0.25, 0.3) is 0 Å². The Hall–Kier alpha value is -0.810. The van der Waals surface area contributed by atoms with Crippen molar-refractivity contribution in [3.8, 4) is 0 Å². The van der Waals surface area contributed by atoms with Crippen LogP contribution >= 0.6 is 0 Å². The normalized spacial score (nSPS) is 17.0. The molecule has 2 amide bonds. The first-order valence-electron chi connectivity index (χ1n) is 5.37. The predicted molar refractivity (Wildman–Crippen MR) is 56.5 cm³/mol. The Balaban J connectivity index is 2.21. The Bertz CT molecular complexity index is 213. The van der Waals surface area contributed by atoms with Gasteiger partial charge in [0.2, 0.25) is 0 Å². The topological polar surface area (TPSA) is 81.6 Å². The van der Waals surface area contributed by atoms with E-state index >= 15 is 0 Å². The van der Waals surface area contributed by atoms with Gasteiger partial charge in [0.1, 0.15) is 0 Å². The summed E-state index contributed by atoms with van der Waals surface area (Å²) in [6, 6.07) is -0.326. The van der Waals surface area contributed by atoms with Gasteiger partial charge in [-0.15, -0.1) is 0 Å². The van der Waals surface area contributed by atoms with Gasteiger partial charge in [0.05, 0.1) is 18.8 Å². The van der Waals surface area contributed by atoms with E-state index in [1.807, 2.05) is 0 Å². The molecular formula is C10H20N2O3. The second-order valence-corrected chi connectivity index (χ2v) is 4.51. The van der Waals surface area contributed by atoms with Gasteiger partial charge < -0.3 is 20.8 Å². The standard InChI is InChI=1S/C10H20N2O3/c1-10(6-13,7-14)12-9(15)11-5-8-3-2-4-8/h8,13-14H,2-7H2,1H3,(H2,11,12,15). The lowest BCUT2D eigenvalue weighted by Crippen LogP contribution is -2.55. The molecule has 0 spiro atoms. The van der Waals surface area contributed by atoms with E-state index in [2.05, 4.69) is 10.6 Å². The molecule has 1 aliphatic rings. The van der Waals surface area contributed by atoms with Gasteiger partial charge >= 0.3 is 6.03 Å². The maximum absolute atomic E-state index is 11.4. The van der Waals surface area contributed by atoms with Crippen molar-refractivity contribution < 1.29 is 15.0 Å². The number of urea groups is 1. The van der Waals surface area contributed by atoms with Gasteiger partial charge in [-0.25, -0.2) is 4.79 Å². The van der Waals surface area contributed by atoms with E-state index in [-0.39, 0.29) is 19.2 Å². The fraction of sp³-hybridized carbons (Fsp3) is 0.900. The van der Waals surface area contributed by atoms with E-state index in [4.69, 9.17) is 10.2 Å². The van der Waals surface area contributed by atoms with Crippen molar-refractivity contribution in [2.45, 2.75) is 31.7 Å². The summed E-state index contributed by atoms with van der Waals surface area (Å²) in [6.07, 6.45) is 3.61. The number of rotatable bonds is 5. The monoisotopic (exact) mass is 216 g/mol. The number of amides is 2. The molecule has 1 fully saturated rings. The second-order valence-electron chi connectivity index (χ2n) is 4.51.